The third kappa shape index (κ3) is 6.31. The van der Waals surface area contributed by atoms with Gasteiger partial charge in [0.2, 0.25) is 0 Å². The Morgan fingerprint density at radius 1 is 1.43 bits per heavy atom. The first kappa shape index (κ1) is 22.9. The predicted octanol–water partition coefficient (Wildman–Crippen LogP) is 1.67. The largest absolute Gasteiger partial charge is 0.445 e. The van der Waals surface area contributed by atoms with E-state index in [9.17, 15) is 22.6 Å². The van der Waals surface area contributed by atoms with E-state index in [0.29, 0.717) is 20.3 Å². The minimum Gasteiger partial charge on any atom is -0.445 e. The minimum atomic E-state index is -4.91. The molecule has 11 nitrogen and oxygen atoms in total. The maximum Gasteiger partial charge on any atom is 0.408 e. The van der Waals surface area contributed by atoms with Crippen LogP contribution in [-0.4, -0.2) is 42.2 Å². The van der Waals surface area contributed by atoms with Crippen molar-refractivity contribution in [2.45, 2.75) is 25.5 Å². The van der Waals surface area contributed by atoms with Crippen molar-refractivity contribution < 1.29 is 31.9 Å². The molecule has 1 heterocycles. The number of carbonyl (C=O) groups excluding carboxylic acids is 2. The summed E-state index contributed by atoms with van der Waals surface area (Å²) in [5, 5.41) is 3.00. The van der Waals surface area contributed by atoms with Crippen molar-refractivity contribution >= 4 is 53.1 Å². The van der Waals surface area contributed by atoms with E-state index in [2.05, 4.69) is 5.32 Å². The van der Waals surface area contributed by atoms with Crippen LogP contribution in [0.1, 0.15) is 18.4 Å². The Morgan fingerprint density at radius 2 is 2.11 bits per heavy atom. The van der Waals surface area contributed by atoms with Gasteiger partial charge >= 0.3 is 24.0 Å². The molecule has 156 valence electrons. The van der Waals surface area contributed by atoms with E-state index in [1.165, 1.54) is 10.6 Å². The summed E-state index contributed by atoms with van der Waals surface area (Å²) in [7, 11) is -9.33. The smallest absolute Gasteiger partial charge is 0.408 e. The van der Waals surface area contributed by atoms with Crippen LogP contribution in [0.15, 0.2) is 18.2 Å². The van der Waals surface area contributed by atoms with Gasteiger partial charge in [-0.3, -0.25) is 24.1 Å². The molecule has 0 bridgehead atoms. The van der Waals surface area contributed by atoms with E-state index in [-0.39, 0.29) is 26.0 Å². The Balaban J connectivity index is 1.98. The number of nitrogens with two attached hydrogens (primary N) is 1. The summed E-state index contributed by atoms with van der Waals surface area (Å²) in [6.45, 7) is -0.311. The Bertz CT molecular complexity index is 929. The van der Waals surface area contributed by atoms with Crippen LogP contribution in [0.4, 0.5) is 4.79 Å². The van der Waals surface area contributed by atoms with Crippen molar-refractivity contribution in [3.05, 3.63) is 33.8 Å². The maximum absolute atomic E-state index is 12.4. The number of piperidine rings is 1. The molecule has 5 N–H and O–H groups in total. The minimum absolute atomic E-state index is 0.122. The quantitative estimate of drug-likeness (QED) is 0.356. The predicted molar refractivity (Wildman–Crippen MR) is 101 cm³/mol. The van der Waals surface area contributed by atoms with Gasteiger partial charge in [0.05, 0.1) is 0 Å². The number of nitrogens with zero attached hydrogens (tertiary/aromatic N) is 1. The molecule has 0 aliphatic carbocycles. The zero-order valence-electron chi connectivity index (χ0n) is 14.2. The van der Waals surface area contributed by atoms with Crippen molar-refractivity contribution in [3.8, 4) is 0 Å². The number of rotatable bonds is 6. The molecule has 0 unspecified atom stereocenters. The van der Waals surface area contributed by atoms with Crippen LogP contribution in [0.2, 0.25) is 10.0 Å². The number of hydrogen-bond acceptors (Lipinski definition) is 6. The van der Waals surface area contributed by atoms with Crippen molar-refractivity contribution in [2.75, 3.05) is 6.54 Å². The molecule has 1 aromatic carbocycles. The highest BCUT2D eigenvalue weighted by Gasteiger charge is 2.40. The average molecular weight is 475 g/mol. The van der Waals surface area contributed by atoms with E-state index in [0.717, 1.165) is 0 Å². The van der Waals surface area contributed by atoms with Gasteiger partial charge in [-0.2, -0.15) is 8.42 Å². The normalized spacial score (nSPS) is 19.8. The van der Waals surface area contributed by atoms with Crippen LogP contribution >= 0.6 is 30.8 Å². The molecule has 0 saturated carbocycles. The highest BCUT2D eigenvalue weighted by molar-refractivity contribution is 7.90. The summed E-state index contributed by atoms with van der Waals surface area (Å²) in [6.07, 6.45) is -0.479. The van der Waals surface area contributed by atoms with Crippen molar-refractivity contribution in [3.63, 3.8) is 0 Å². The molecule has 1 fully saturated rings. The van der Waals surface area contributed by atoms with Gasteiger partial charge < -0.3 is 10.1 Å². The van der Waals surface area contributed by atoms with Gasteiger partial charge in [-0.05, 0) is 25.0 Å². The molecule has 1 aromatic rings. The van der Waals surface area contributed by atoms with Gasteiger partial charge in [-0.1, -0.05) is 29.3 Å². The summed E-state index contributed by atoms with van der Waals surface area (Å²) in [6, 6.07) is 3.47. The van der Waals surface area contributed by atoms with E-state index >= 15 is 0 Å². The highest BCUT2D eigenvalue weighted by atomic mass is 35.5. The Hall–Kier alpha value is -1.40. The van der Waals surface area contributed by atoms with Crippen molar-refractivity contribution in [1.82, 2.24) is 14.5 Å². The molecule has 1 aliphatic heterocycles. The first-order valence-electron chi connectivity index (χ1n) is 7.73. The average Bonchev–Trinajstić information content (AvgIpc) is 2.53. The SMILES string of the molecule is N[P@@](=O)(NS(=O)(=O)O)N1CCC[C@@H](NC(=O)OCc2ccc(Cl)cc2Cl)C1=O. The highest BCUT2D eigenvalue weighted by Crippen LogP contribution is 2.40. The molecule has 2 atom stereocenters. The first-order valence-corrected chi connectivity index (χ1v) is 11.7. The van der Waals surface area contributed by atoms with Crippen LogP contribution in [-0.2, 0) is 31.0 Å². The van der Waals surface area contributed by atoms with Crippen LogP contribution in [0.3, 0.4) is 0 Å². The number of nitrogens with one attached hydrogen (secondary N) is 2. The summed E-state index contributed by atoms with van der Waals surface area (Å²) in [4.78, 5) is 24.4. The van der Waals surface area contributed by atoms with Gasteiger partial charge in [0.15, 0.2) is 0 Å². The van der Waals surface area contributed by atoms with Gasteiger partial charge in [0.25, 0.3) is 5.91 Å². The van der Waals surface area contributed by atoms with Crippen LogP contribution < -0.4 is 15.3 Å². The third-order valence-corrected chi connectivity index (χ3v) is 7.36. The van der Waals surface area contributed by atoms with E-state index in [1.807, 2.05) is 0 Å². The molecule has 0 spiro atoms. The molecule has 1 aliphatic rings. The summed E-state index contributed by atoms with van der Waals surface area (Å²) in [5.41, 5.74) is 5.85. The molecule has 28 heavy (non-hydrogen) atoms. The zero-order valence-corrected chi connectivity index (χ0v) is 17.4. The third-order valence-electron chi connectivity index (χ3n) is 3.69. The second-order valence-electron chi connectivity index (χ2n) is 5.80. The second kappa shape index (κ2) is 8.95. The number of amides is 2. The van der Waals surface area contributed by atoms with Crippen LogP contribution in [0.25, 0.3) is 0 Å². The van der Waals surface area contributed by atoms with Crippen LogP contribution in [0.5, 0.6) is 0 Å². The molecular formula is C13H17Cl2N4O7PS. The van der Waals surface area contributed by atoms with Crippen molar-refractivity contribution in [2.24, 2.45) is 5.50 Å². The molecule has 15 heteroatoms. The van der Waals surface area contributed by atoms with Gasteiger partial charge in [0, 0.05) is 22.2 Å². The monoisotopic (exact) mass is 474 g/mol. The Kier molecular flexibility index (Phi) is 7.32. The molecule has 0 aromatic heterocycles. The van der Waals surface area contributed by atoms with E-state index in [1.54, 1.807) is 12.1 Å². The first-order chi connectivity index (χ1) is 12.9. The lowest BCUT2D eigenvalue weighted by Crippen LogP contribution is -2.53. The fraction of sp³-hybridized carbons (Fsp3) is 0.385. The van der Waals surface area contributed by atoms with Crippen LogP contribution in [0, 0.1) is 0 Å². The number of carbonyl (C=O) groups is 2. The number of ether oxygens (including phenoxy) is 1. The lowest BCUT2D eigenvalue weighted by molar-refractivity contribution is -0.130. The number of halogens is 2. The number of hydrogen-bond donors (Lipinski definition) is 4. The fourth-order valence-corrected chi connectivity index (χ4v) is 5.52. The summed E-state index contributed by atoms with van der Waals surface area (Å²) < 4.78 is 49.7. The zero-order chi connectivity index (χ0) is 21.1. The lowest BCUT2D eigenvalue weighted by atomic mass is 10.1. The molecule has 0 radical (unpaired) electrons. The second-order valence-corrected chi connectivity index (χ2v) is 10.1. The summed E-state index contributed by atoms with van der Waals surface area (Å²) >= 11 is 11.7. The molecular weight excluding hydrogens is 458 g/mol. The Labute approximate surface area is 170 Å². The van der Waals surface area contributed by atoms with Gasteiger partial charge in [0.1, 0.15) is 12.6 Å². The molecule has 2 amide bonds. The topological polar surface area (TPSA) is 168 Å². The maximum atomic E-state index is 12.4. The van der Waals surface area contributed by atoms with Gasteiger partial charge in [-0.25, -0.2) is 4.79 Å². The van der Waals surface area contributed by atoms with Gasteiger partial charge in [-0.15, -0.1) is 4.49 Å². The van der Waals surface area contributed by atoms with E-state index < -0.39 is 35.9 Å². The Morgan fingerprint density at radius 3 is 2.71 bits per heavy atom. The summed E-state index contributed by atoms with van der Waals surface area (Å²) in [5.74, 6) is -0.880. The fourth-order valence-electron chi connectivity index (χ4n) is 2.47. The number of alkyl carbamates (subject to hydrolysis) is 1. The number of benzene rings is 1. The molecule has 2 rings (SSSR count). The lowest BCUT2D eigenvalue weighted by Gasteiger charge is -2.35. The van der Waals surface area contributed by atoms with E-state index in [4.69, 9.17) is 38.0 Å². The molecule has 1 saturated heterocycles. The standard InChI is InChI=1S/C13H17Cl2N4O7PS/c14-9-4-3-8(10(15)6-9)7-26-13(21)17-11-2-1-5-19(12(11)20)27(16,22)18-28(23,24)25/h3-4,6,11H,1-2,5,7H2,(H,17,21)(H3,16,18,22)(H,23,24,25)/t11-,27-/m1/s1. The van der Waals surface area contributed by atoms with Crippen molar-refractivity contribution in [1.29, 1.82) is 0 Å².